The maximum Gasteiger partial charge on any atom is 0.0945 e. The van der Waals surface area contributed by atoms with Crippen LogP contribution >= 0.6 is 0 Å². The molecule has 0 saturated carbocycles. The van der Waals surface area contributed by atoms with Crippen LogP contribution in [0.5, 0.6) is 0 Å². The first-order valence-corrected chi connectivity index (χ1v) is 9.79. The van der Waals surface area contributed by atoms with E-state index in [9.17, 15) is 13.0 Å². The van der Waals surface area contributed by atoms with Gasteiger partial charge >= 0.3 is 0 Å². The van der Waals surface area contributed by atoms with Gasteiger partial charge in [0.2, 0.25) is 0 Å². The van der Waals surface area contributed by atoms with E-state index in [4.69, 9.17) is 0 Å². The Morgan fingerprint density at radius 2 is 1.24 bits per heavy atom. The zero-order valence-electron chi connectivity index (χ0n) is 15.2. The van der Waals surface area contributed by atoms with Gasteiger partial charge in [-0.25, -0.2) is 8.42 Å². The molecule has 4 nitrogen and oxygen atoms in total. The van der Waals surface area contributed by atoms with Crippen LogP contribution in [0, 0.1) is 0 Å². The molecule has 0 aliphatic rings. The molecule has 0 amide bonds. The highest BCUT2D eigenvalue weighted by molar-refractivity contribution is 7.85. The van der Waals surface area contributed by atoms with E-state index in [1.54, 1.807) is 0 Å². The molecule has 0 N–H and O–H groups in total. The Bertz CT molecular complexity index is 325. The first kappa shape index (κ1) is 23.1. The predicted molar refractivity (Wildman–Crippen MR) is 90.3 cm³/mol. The van der Waals surface area contributed by atoms with E-state index in [0.29, 0.717) is 6.42 Å². The number of rotatable bonds is 9. The van der Waals surface area contributed by atoms with Gasteiger partial charge in [0.1, 0.15) is 0 Å². The monoisotopic (exact) mass is 323 g/mol. The minimum absolute atomic E-state index is 0.195. The number of hydrogen-bond acceptors (Lipinski definition) is 3. The standard InChI is InChI=1S/C8H20N.C8H18O3S/c1-7(2)9(5,6)8(3)4;1-2-3-4-5-6-7-8-12(9,10)11/h7-8H,1-6H3;2-8H2,1H3,(H,9,10,11)/q+1;/p-1. The van der Waals surface area contributed by atoms with Crippen molar-refractivity contribution in [2.45, 2.75) is 85.2 Å². The third-order valence-electron chi connectivity index (χ3n) is 4.41. The van der Waals surface area contributed by atoms with Gasteiger partial charge in [0.15, 0.2) is 0 Å². The molecule has 130 valence electrons. The van der Waals surface area contributed by atoms with Crippen LogP contribution in [-0.4, -0.2) is 49.4 Å². The molecule has 0 heterocycles. The summed E-state index contributed by atoms with van der Waals surface area (Å²) in [5.41, 5.74) is 0. The summed E-state index contributed by atoms with van der Waals surface area (Å²) in [6, 6.07) is 1.45. The van der Waals surface area contributed by atoms with Crippen molar-refractivity contribution in [1.29, 1.82) is 0 Å². The van der Waals surface area contributed by atoms with Gasteiger partial charge in [-0.1, -0.05) is 39.0 Å². The summed E-state index contributed by atoms with van der Waals surface area (Å²) in [6.45, 7) is 11.2. The molecule has 0 fully saturated rings. The zero-order valence-corrected chi connectivity index (χ0v) is 16.0. The summed E-state index contributed by atoms with van der Waals surface area (Å²) in [5, 5.41) is 0. The average molecular weight is 324 g/mol. The lowest BCUT2D eigenvalue weighted by molar-refractivity contribution is -0.931. The summed E-state index contributed by atoms with van der Waals surface area (Å²) < 4.78 is 31.6. The fourth-order valence-electron chi connectivity index (χ4n) is 1.66. The van der Waals surface area contributed by atoms with Gasteiger partial charge in [0, 0.05) is 5.75 Å². The van der Waals surface area contributed by atoms with Crippen LogP contribution in [0.1, 0.15) is 73.1 Å². The van der Waals surface area contributed by atoms with Crippen molar-refractivity contribution >= 4 is 10.1 Å². The smallest absolute Gasteiger partial charge is 0.0945 e. The second kappa shape index (κ2) is 11.4. The van der Waals surface area contributed by atoms with Crippen molar-refractivity contribution < 1.29 is 17.5 Å². The lowest BCUT2D eigenvalue weighted by Crippen LogP contribution is -2.50. The van der Waals surface area contributed by atoms with Crippen LogP contribution in [-0.2, 0) is 10.1 Å². The lowest BCUT2D eigenvalue weighted by atomic mass is 10.1. The second-order valence-corrected chi connectivity index (χ2v) is 8.37. The predicted octanol–water partition coefficient (Wildman–Crippen LogP) is 3.77. The highest BCUT2D eigenvalue weighted by atomic mass is 32.2. The van der Waals surface area contributed by atoms with Crippen molar-refractivity contribution in [3.8, 4) is 0 Å². The number of hydrogen-bond donors (Lipinski definition) is 0. The van der Waals surface area contributed by atoms with Crippen LogP contribution in [0.4, 0.5) is 0 Å². The van der Waals surface area contributed by atoms with Crippen LogP contribution in [0.3, 0.4) is 0 Å². The van der Waals surface area contributed by atoms with E-state index in [1.807, 2.05) is 0 Å². The van der Waals surface area contributed by atoms with E-state index < -0.39 is 10.1 Å². The minimum Gasteiger partial charge on any atom is -0.748 e. The van der Waals surface area contributed by atoms with Gasteiger partial charge < -0.3 is 9.04 Å². The SMILES string of the molecule is CC(C)[N+](C)(C)C(C)C.CCCCCCCCS(=O)(=O)[O-]. The number of nitrogens with zero attached hydrogens (tertiary/aromatic N) is 1. The summed E-state index contributed by atoms with van der Waals surface area (Å²) in [7, 11) is 0.579. The summed E-state index contributed by atoms with van der Waals surface area (Å²) in [4.78, 5) is 0. The maximum atomic E-state index is 10.2. The fourth-order valence-corrected chi connectivity index (χ4v) is 2.21. The maximum absolute atomic E-state index is 10.2. The quantitative estimate of drug-likeness (QED) is 0.369. The Morgan fingerprint density at radius 3 is 1.52 bits per heavy atom. The zero-order chi connectivity index (χ0) is 17.1. The van der Waals surface area contributed by atoms with Gasteiger partial charge in [-0.05, 0) is 34.1 Å². The molecule has 0 rings (SSSR count). The Labute approximate surface area is 133 Å². The first-order chi connectivity index (χ1) is 9.45. The van der Waals surface area contributed by atoms with Gasteiger partial charge in [0.05, 0.1) is 36.3 Å². The topological polar surface area (TPSA) is 57.2 Å². The van der Waals surface area contributed by atoms with Crippen molar-refractivity contribution in [3.63, 3.8) is 0 Å². The van der Waals surface area contributed by atoms with E-state index in [-0.39, 0.29) is 5.75 Å². The summed E-state index contributed by atoms with van der Waals surface area (Å²) in [5.74, 6) is -0.195. The van der Waals surface area contributed by atoms with Crippen LogP contribution in [0.25, 0.3) is 0 Å². The van der Waals surface area contributed by atoms with Gasteiger partial charge in [-0.15, -0.1) is 0 Å². The van der Waals surface area contributed by atoms with E-state index in [2.05, 4.69) is 48.7 Å². The highest BCUT2D eigenvalue weighted by Crippen LogP contribution is 2.10. The fraction of sp³-hybridized carbons (Fsp3) is 1.00. The Kier molecular flexibility index (Phi) is 12.6. The molecular formula is C16H37NO3S. The van der Waals surface area contributed by atoms with E-state index >= 15 is 0 Å². The highest BCUT2D eigenvalue weighted by Gasteiger charge is 2.22. The Balaban J connectivity index is 0. The largest absolute Gasteiger partial charge is 0.748 e. The molecule has 0 unspecified atom stereocenters. The van der Waals surface area contributed by atoms with E-state index in [1.165, 1.54) is 12.8 Å². The molecule has 0 radical (unpaired) electrons. The lowest BCUT2D eigenvalue weighted by Gasteiger charge is -2.38. The molecular weight excluding hydrogens is 286 g/mol. The van der Waals surface area contributed by atoms with E-state index in [0.717, 1.165) is 35.8 Å². The molecule has 5 heteroatoms. The average Bonchev–Trinajstić information content (AvgIpc) is 2.32. The van der Waals surface area contributed by atoms with Gasteiger partial charge in [-0.3, -0.25) is 0 Å². The summed E-state index contributed by atoms with van der Waals surface area (Å²) in [6.07, 6.45) is 5.96. The Morgan fingerprint density at radius 1 is 0.857 bits per heavy atom. The molecule has 0 aromatic rings. The molecule has 0 bridgehead atoms. The second-order valence-electron chi connectivity index (χ2n) is 6.85. The van der Waals surface area contributed by atoms with Crippen molar-refractivity contribution in [1.82, 2.24) is 0 Å². The van der Waals surface area contributed by atoms with Crippen molar-refractivity contribution in [3.05, 3.63) is 0 Å². The van der Waals surface area contributed by atoms with Crippen LogP contribution < -0.4 is 0 Å². The molecule has 0 aromatic heterocycles. The van der Waals surface area contributed by atoms with Gasteiger partial charge in [-0.2, -0.15) is 0 Å². The molecule has 0 saturated heterocycles. The number of quaternary nitrogens is 1. The van der Waals surface area contributed by atoms with Crippen molar-refractivity contribution in [2.75, 3.05) is 19.8 Å². The van der Waals surface area contributed by atoms with Crippen LogP contribution in [0.2, 0.25) is 0 Å². The van der Waals surface area contributed by atoms with Gasteiger partial charge in [0.25, 0.3) is 0 Å². The van der Waals surface area contributed by atoms with Crippen molar-refractivity contribution in [2.24, 2.45) is 0 Å². The third kappa shape index (κ3) is 14.6. The minimum atomic E-state index is -3.97. The molecule has 0 aliphatic carbocycles. The first-order valence-electron chi connectivity index (χ1n) is 8.22. The molecule has 0 atom stereocenters. The van der Waals surface area contributed by atoms with Crippen LogP contribution in [0.15, 0.2) is 0 Å². The summed E-state index contributed by atoms with van der Waals surface area (Å²) >= 11 is 0. The number of unbranched alkanes of at least 4 members (excludes halogenated alkanes) is 5. The molecule has 0 spiro atoms. The molecule has 0 aromatic carbocycles. The Hall–Kier alpha value is -0.130. The molecule has 21 heavy (non-hydrogen) atoms. The third-order valence-corrected chi connectivity index (χ3v) is 5.20. The normalized spacial score (nSPS) is 12.5. The molecule has 0 aliphatic heterocycles.